The number of carbonyl (C=O) groups is 2. The summed E-state index contributed by atoms with van der Waals surface area (Å²) in [4.78, 5) is 28.6. The van der Waals surface area contributed by atoms with E-state index >= 15 is 0 Å². The highest BCUT2D eigenvalue weighted by Crippen LogP contribution is 2.54. The molecule has 1 spiro atoms. The smallest absolute Gasteiger partial charge is 0.305 e. The Kier molecular flexibility index (Phi) is 5.75. The third kappa shape index (κ3) is 3.31. The Morgan fingerprint density at radius 1 is 1.31 bits per heavy atom. The summed E-state index contributed by atoms with van der Waals surface area (Å²) in [6.07, 6.45) is 1.96. The van der Waals surface area contributed by atoms with Crippen LogP contribution in [0, 0.1) is 5.92 Å². The highest BCUT2D eigenvalue weighted by Gasteiger charge is 2.59. The maximum absolute atomic E-state index is 13.6. The van der Waals surface area contributed by atoms with E-state index in [-0.39, 0.29) is 46.8 Å². The molecule has 2 aliphatic rings. The Labute approximate surface area is 173 Å². The molecule has 0 radical (unpaired) electrons. The maximum Gasteiger partial charge on any atom is 0.305 e. The molecule has 0 saturated heterocycles. The summed E-state index contributed by atoms with van der Waals surface area (Å²) < 4.78 is 22.4. The average Bonchev–Trinajstić information content (AvgIpc) is 3.00. The summed E-state index contributed by atoms with van der Waals surface area (Å²) >= 11 is 6.42. The molecule has 29 heavy (non-hydrogen) atoms. The number of halogens is 1. The number of benzene rings is 1. The Morgan fingerprint density at radius 2 is 2.00 bits per heavy atom. The van der Waals surface area contributed by atoms with Crippen LogP contribution in [0.5, 0.6) is 17.2 Å². The summed E-state index contributed by atoms with van der Waals surface area (Å²) in [7, 11) is 4.36. The van der Waals surface area contributed by atoms with Crippen molar-refractivity contribution in [3.63, 3.8) is 0 Å². The standard InChI is InChI=1S/C20H22ClNO7/c1-10-7-11(22-6-5-15(23)24)8-14(28-4)20(10)19(25)16-12(26-2)9-13(27-3)17(21)18(16)29-20/h8-10H,5-7H2,1-4H3,(H,23,24)/t10-,20+/m1/s1. The Hall–Kier alpha value is -2.74. The van der Waals surface area contributed by atoms with Crippen LogP contribution in [0.3, 0.4) is 0 Å². The van der Waals surface area contributed by atoms with Gasteiger partial charge in [-0.1, -0.05) is 18.5 Å². The van der Waals surface area contributed by atoms with Gasteiger partial charge in [0.2, 0.25) is 11.4 Å². The molecule has 0 unspecified atom stereocenters. The monoisotopic (exact) mass is 423 g/mol. The minimum absolute atomic E-state index is 0.0767. The number of Topliss-reactive ketones (excluding diaryl/α,β-unsaturated/α-hetero) is 1. The van der Waals surface area contributed by atoms with E-state index in [1.54, 1.807) is 12.1 Å². The van der Waals surface area contributed by atoms with Crippen LogP contribution in [0.4, 0.5) is 0 Å². The van der Waals surface area contributed by atoms with Crippen molar-refractivity contribution in [1.82, 2.24) is 0 Å². The van der Waals surface area contributed by atoms with Gasteiger partial charge in [-0.3, -0.25) is 14.6 Å². The molecule has 1 aromatic carbocycles. The van der Waals surface area contributed by atoms with Crippen LogP contribution < -0.4 is 14.2 Å². The molecule has 1 aliphatic heterocycles. The van der Waals surface area contributed by atoms with Crippen molar-refractivity contribution in [2.75, 3.05) is 27.9 Å². The maximum atomic E-state index is 13.6. The quantitative estimate of drug-likeness (QED) is 0.749. The molecule has 0 aromatic heterocycles. The highest BCUT2D eigenvalue weighted by molar-refractivity contribution is 6.35. The van der Waals surface area contributed by atoms with Gasteiger partial charge in [-0.15, -0.1) is 0 Å². The number of rotatable bonds is 6. The molecule has 1 aliphatic carbocycles. The fourth-order valence-corrected chi connectivity index (χ4v) is 3.99. The number of hydrogen-bond acceptors (Lipinski definition) is 7. The van der Waals surface area contributed by atoms with Crippen molar-refractivity contribution in [2.24, 2.45) is 10.9 Å². The number of aliphatic carboxylic acids is 1. The first-order valence-electron chi connectivity index (χ1n) is 8.99. The predicted molar refractivity (Wildman–Crippen MR) is 106 cm³/mol. The van der Waals surface area contributed by atoms with Gasteiger partial charge in [0.1, 0.15) is 27.8 Å². The zero-order chi connectivity index (χ0) is 21.3. The van der Waals surface area contributed by atoms with Gasteiger partial charge < -0.3 is 24.1 Å². The van der Waals surface area contributed by atoms with Gasteiger partial charge in [0.05, 0.1) is 27.8 Å². The van der Waals surface area contributed by atoms with Gasteiger partial charge in [-0.05, 0) is 6.42 Å². The molecule has 2 atom stereocenters. The lowest BCUT2D eigenvalue weighted by Gasteiger charge is -2.37. The van der Waals surface area contributed by atoms with Crippen LogP contribution in [0.25, 0.3) is 0 Å². The van der Waals surface area contributed by atoms with Crippen molar-refractivity contribution in [2.45, 2.75) is 25.4 Å². The number of methoxy groups -OCH3 is 3. The number of ketones is 1. The van der Waals surface area contributed by atoms with Gasteiger partial charge in [0.15, 0.2) is 5.75 Å². The SMILES string of the molecule is COC1=CC(=NCCC(=O)O)C[C@@H](C)[C@]12Oc1c(Cl)c(OC)cc(OC)c1C2=O. The second-order valence-electron chi connectivity index (χ2n) is 6.80. The number of fused-ring (bicyclic) bond motifs is 1. The predicted octanol–water partition coefficient (Wildman–Crippen LogP) is 3.16. The van der Waals surface area contributed by atoms with E-state index in [9.17, 15) is 9.59 Å². The second kappa shape index (κ2) is 7.94. The molecule has 0 fully saturated rings. The lowest BCUT2D eigenvalue weighted by Crippen LogP contribution is -2.51. The molecular formula is C20H22ClNO7. The van der Waals surface area contributed by atoms with Gasteiger partial charge >= 0.3 is 5.97 Å². The number of allylic oxidation sites excluding steroid dienone is 1. The summed E-state index contributed by atoms with van der Waals surface area (Å²) in [5, 5.41) is 8.98. The van der Waals surface area contributed by atoms with E-state index < -0.39 is 11.6 Å². The Morgan fingerprint density at radius 3 is 2.59 bits per heavy atom. The van der Waals surface area contributed by atoms with Gasteiger partial charge in [-0.2, -0.15) is 0 Å². The van der Waals surface area contributed by atoms with Gasteiger partial charge in [0.25, 0.3) is 0 Å². The topological polar surface area (TPSA) is 104 Å². The van der Waals surface area contributed by atoms with E-state index in [0.29, 0.717) is 23.6 Å². The van der Waals surface area contributed by atoms with Crippen molar-refractivity contribution in [1.29, 1.82) is 0 Å². The first kappa shape index (κ1) is 21.0. The Bertz CT molecular complexity index is 924. The lowest BCUT2D eigenvalue weighted by molar-refractivity contribution is -0.136. The minimum Gasteiger partial charge on any atom is -0.496 e. The first-order valence-corrected chi connectivity index (χ1v) is 9.37. The summed E-state index contributed by atoms with van der Waals surface area (Å²) in [5.74, 6) is -0.499. The van der Waals surface area contributed by atoms with Crippen LogP contribution in [-0.2, 0) is 9.53 Å². The summed E-state index contributed by atoms with van der Waals surface area (Å²) in [6.45, 7) is 1.99. The normalized spacial score (nSPS) is 24.2. The summed E-state index contributed by atoms with van der Waals surface area (Å²) in [6, 6.07) is 1.55. The zero-order valence-electron chi connectivity index (χ0n) is 16.6. The fourth-order valence-electron chi connectivity index (χ4n) is 3.72. The fraction of sp³-hybridized carbons (Fsp3) is 0.450. The first-order chi connectivity index (χ1) is 13.8. The number of nitrogens with zero attached hydrogens (tertiary/aromatic N) is 1. The highest BCUT2D eigenvalue weighted by atomic mass is 35.5. The molecule has 0 saturated carbocycles. The zero-order valence-corrected chi connectivity index (χ0v) is 17.3. The molecule has 1 heterocycles. The summed E-state index contributed by atoms with van der Waals surface area (Å²) in [5.41, 5.74) is -0.532. The number of carboxylic acid groups (broad SMARTS) is 1. The molecular weight excluding hydrogens is 402 g/mol. The number of hydrogen-bond donors (Lipinski definition) is 1. The van der Waals surface area contributed by atoms with E-state index in [0.717, 1.165) is 0 Å². The van der Waals surface area contributed by atoms with Crippen LogP contribution in [0.2, 0.25) is 5.02 Å². The third-order valence-corrected chi connectivity index (χ3v) is 5.51. The van der Waals surface area contributed by atoms with Crippen molar-refractivity contribution in [3.05, 3.63) is 28.5 Å². The van der Waals surface area contributed by atoms with Crippen LogP contribution in [0.1, 0.15) is 30.1 Å². The minimum atomic E-state index is -1.41. The van der Waals surface area contributed by atoms with E-state index in [2.05, 4.69) is 4.99 Å². The number of carboxylic acids is 1. The number of aliphatic imine (C=N–C) groups is 1. The molecule has 0 bridgehead atoms. The molecule has 8 nitrogen and oxygen atoms in total. The molecule has 9 heteroatoms. The Balaban J connectivity index is 2.09. The average molecular weight is 424 g/mol. The van der Waals surface area contributed by atoms with E-state index in [1.807, 2.05) is 6.92 Å². The second-order valence-corrected chi connectivity index (χ2v) is 7.18. The van der Waals surface area contributed by atoms with Gasteiger partial charge in [0, 0.05) is 30.3 Å². The number of carbonyl (C=O) groups excluding carboxylic acids is 1. The molecule has 0 amide bonds. The number of ether oxygens (including phenoxy) is 4. The third-order valence-electron chi connectivity index (χ3n) is 5.15. The molecule has 156 valence electrons. The van der Waals surface area contributed by atoms with Crippen LogP contribution >= 0.6 is 11.6 Å². The largest absolute Gasteiger partial charge is 0.496 e. The lowest BCUT2D eigenvalue weighted by atomic mass is 9.75. The van der Waals surface area contributed by atoms with E-state index in [4.69, 9.17) is 35.7 Å². The van der Waals surface area contributed by atoms with Crippen molar-refractivity contribution >= 4 is 29.1 Å². The van der Waals surface area contributed by atoms with Crippen LogP contribution in [0.15, 0.2) is 22.9 Å². The molecule has 1 aromatic rings. The van der Waals surface area contributed by atoms with E-state index in [1.165, 1.54) is 21.3 Å². The van der Waals surface area contributed by atoms with Crippen LogP contribution in [-0.4, -0.2) is 56.0 Å². The van der Waals surface area contributed by atoms with Crippen molar-refractivity contribution in [3.8, 4) is 17.2 Å². The molecule has 1 N–H and O–H groups in total. The molecule has 3 rings (SSSR count). The van der Waals surface area contributed by atoms with Crippen molar-refractivity contribution < 1.29 is 33.6 Å². The van der Waals surface area contributed by atoms with Gasteiger partial charge in [-0.25, -0.2) is 0 Å².